The summed E-state index contributed by atoms with van der Waals surface area (Å²) in [5.74, 6) is 0.0185. The number of likely N-dealkylation sites (tertiary alicyclic amines) is 1. The van der Waals surface area contributed by atoms with Crippen molar-refractivity contribution in [1.29, 1.82) is 0 Å². The number of hydrogen-bond acceptors (Lipinski definition) is 3. The van der Waals surface area contributed by atoms with E-state index in [9.17, 15) is 4.79 Å². The van der Waals surface area contributed by atoms with E-state index in [0.29, 0.717) is 35.1 Å². The fraction of sp³-hybridized carbons (Fsp3) is 0.500. The Hall–Kier alpha value is -0.810. The number of nitrogens with zero attached hydrogens (tertiary/aromatic N) is 1. The molecule has 1 aliphatic rings. The first-order valence-electron chi connectivity index (χ1n) is 6.55. The van der Waals surface area contributed by atoms with Gasteiger partial charge in [-0.3, -0.25) is 4.79 Å². The van der Waals surface area contributed by atoms with Gasteiger partial charge in [0.1, 0.15) is 0 Å². The van der Waals surface area contributed by atoms with Crippen LogP contribution in [0, 0.1) is 12.8 Å². The van der Waals surface area contributed by atoms with Crippen LogP contribution in [0.2, 0.25) is 10.0 Å². The molecule has 1 aromatic carbocycles. The molecular weight excluding hydrogens is 299 g/mol. The lowest BCUT2D eigenvalue weighted by molar-refractivity contribution is 0.0784. The van der Waals surface area contributed by atoms with Gasteiger partial charge in [-0.25, -0.2) is 0 Å². The molecule has 2 atom stereocenters. The SMILES string of the molecule is Cc1c(Cl)cc(C(=O)N2C[C@H](CCO)[C@@H](N)C2)cc1Cl. The molecule has 6 heteroatoms. The third-order valence-corrected chi connectivity index (χ3v) is 4.59. The standard InChI is InChI=1S/C14H18Cl2N2O2/c1-8-11(15)4-10(5-12(8)16)14(20)18-6-9(2-3-19)13(17)7-18/h4-5,9,13,19H,2-3,6-7,17H2,1H3/t9-,13-/m0/s1. The maximum atomic E-state index is 12.4. The van der Waals surface area contributed by atoms with E-state index in [1.165, 1.54) is 0 Å². The number of carbonyl (C=O) groups excluding carboxylic acids is 1. The molecule has 0 aromatic heterocycles. The molecule has 0 spiro atoms. The summed E-state index contributed by atoms with van der Waals surface area (Å²) in [4.78, 5) is 14.1. The zero-order chi connectivity index (χ0) is 14.9. The lowest BCUT2D eigenvalue weighted by Gasteiger charge is -2.17. The van der Waals surface area contributed by atoms with E-state index < -0.39 is 0 Å². The topological polar surface area (TPSA) is 66.6 Å². The Bertz CT molecular complexity index is 499. The summed E-state index contributed by atoms with van der Waals surface area (Å²) in [5, 5.41) is 9.96. The third-order valence-electron chi connectivity index (χ3n) is 3.81. The van der Waals surface area contributed by atoms with E-state index >= 15 is 0 Å². The Morgan fingerprint density at radius 1 is 1.40 bits per heavy atom. The Labute approximate surface area is 128 Å². The Balaban J connectivity index is 2.17. The molecule has 0 saturated carbocycles. The van der Waals surface area contributed by atoms with Crippen molar-refractivity contribution in [2.45, 2.75) is 19.4 Å². The van der Waals surface area contributed by atoms with Crippen molar-refractivity contribution in [2.75, 3.05) is 19.7 Å². The second-order valence-electron chi connectivity index (χ2n) is 5.21. The molecule has 3 N–H and O–H groups in total. The summed E-state index contributed by atoms with van der Waals surface area (Å²) in [6, 6.07) is 3.17. The molecule has 1 aliphatic heterocycles. The molecule has 0 bridgehead atoms. The second-order valence-corrected chi connectivity index (χ2v) is 6.03. The monoisotopic (exact) mass is 316 g/mol. The van der Waals surface area contributed by atoms with Crippen molar-refractivity contribution in [2.24, 2.45) is 11.7 Å². The maximum Gasteiger partial charge on any atom is 0.254 e. The highest BCUT2D eigenvalue weighted by Crippen LogP contribution is 2.27. The predicted octanol–water partition coefficient (Wildman–Crippen LogP) is 2.08. The van der Waals surface area contributed by atoms with Gasteiger partial charge in [-0.1, -0.05) is 23.2 Å². The van der Waals surface area contributed by atoms with Crippen LogP contribution >= 0.6 is 23.2 Å². The lowest BCUT2D eigenvalue weighted by Crippen LogP contribution is -2.32. The molecule has 1 fully saturated rings. The summed E-state index contributed by atoms with van der Waals surface area (Å²) in [7, 11) is 0. The van der Waals surface area contributed by atoms with Crippen LogP contribution in [0.1, 0.15) is 22.3 Å². The van der Waals surface area contributed by atoms with Gasteiger partial charge in [0.15, 0.2) is 0 Å². The summed E-state index contributed by atoms with van der Waals surface area (Å²) < 4.78 is 0. The largest absolute Gasteiger partial charge is 0.396 e. The Morgan fingerprint density at radius 3 is 2.55 bits per heavy atom. The van der Waals surface area contributed by atoms with Gasteiger partial charge in [0.25, 0.3) is 5.91 Å². The van der Waals surface area contributed by atoms with Gasteiger partial charge in [0.2, 0.25) is 0 Å². The fourth-order valence-electron chi connectivity index (χ4n) is 2.48. The second kappa shape index (κ2) is 6.31. The van der Waals surface area contributed by atoms with Gasteiger partial charge in [-0.2, -0.15) is 0 Å². The molecule has 4 nitrogen and oxygen atoms in total. The highest BCUT2D eigenvalue weighted by Gasteiger charge is 2.33. The molecule has 0 unspecified atom stereocenters. The number of benzene rings is 1. The quantitative estimate of drug-likeness (QED) is 0.897. The van der Waals surface area contributed by atoms with E-state index in [-0.39, 0.29) is 24.5 Å². The van der Waals surface area contributed by atoms with E-state index in [1.54, 1.807) is 17.0 Å². The number of carbonyl (C=O) groups is 1. The minimum Gasteiger partial charge on any atom is -0.396 e. The summed E-state index contributed by atoms with van der Waals surface area (Å²) in [5.41, 5.74) is 7.24. The van der Waals surface area contributed by atoms with E-state index in [2.05, 4.69) is 0 Å². The number of amides is 1. The molecule has 20 heavy (non-hydrogen) atoms. The summed E-state index contributed by atoms with van der Waals surface area (Å²) in [6.07, 6.45) is 0.611. The van der Waals surface area contributed by atoms with Crippen LogP contribution in [0.15, 0.2) is 12.1 Å². The van der Waals surface area contributed by atoms with Crippen LogP contribution in [0.3, 0.4) is 0 Å². The fourth-order valence-corrected chi connectivity index (χ4v) is 2.97. The number of hydrogen-bond donors (Lipinski definition) is 2. The van der Waals surface area contributed by atoms with E-state index in [0.717, 1.165) is 5.56 Å². The van der Waals surface area contributed by atoms with Gasteiger partial charge < -0.3 is 15.7 Å². The van der Waals surface area contributed by atoms with Gasteiger partial charge in [-0.05, 0) is 37.0 Å². The van der Waals surface area contributed by atoms with Crippen LogP contribution in [0.4, 0.5) is 0 Å². The lowest BCUT2D eigenvalue weighted by atomic mass is 10.0. The van der Waals surface area contributed by atoms with Crippen molar-refractivity contribution in [3.05, 3.63) is 33.3 Å². The third kappa shape index (κ3) is 3.09. The zero-order valence-corrected chi connectivity index (χ0v) is 12.8. The number of rotatable bonds is 3. The molecule has 2 rings (SSSR count). The first-order valence-corrected chi connectivity index (χ1v) is 7.31. The average molecular weight is 317 g/mol. The molecule has 110 valence electrons. The summed E-state index contributed by atoms with van der Waals surface area (Å²) >= 11 is 12.1. The van der Waals surface area contributed by atoms with E-state index in [4.69, 9.17) is 34.0 Å². The van der Waals surface area contributed by atoms with Gasteiger partial charge in [0.05, 0.1) is 0 Å². The highest BCUT2D eigenvalue weighted by atomic mass is 35.5. The van der Waals surface area contributed by atoms with Crippen molar-refractivity contribution >= 4 is 29.1 Å². The minimum absolute atomic E-state index is 0.0859. The van der Waals surface area contributed by atoms with Crippen LogP contribution in [-0.2, 0) is 0 Å². The number of aliphatic hydroxyl groups excluding tert-OH is 1. The first-order chi connectivity index (χ1) is 9.43. The van der Waals surface area contributed by atoms with Crippen LogP contribution in [0.25, 0.3) is 0 Å². The molecule has 1 aromatic rings. The normalized spacial score (nSPS) is 22.4. The van der Waals surface area contributed by atoms with Gasteiger partial charge in [-0.15, -0.1) is 0 Å². The number of halogens is 2. The Morgan fingerprint density at radius 2 is 2.00 bits per heavy atom. The van der Waals surface area contributed by atoms with Crippen molar-refractivity contribution in [3.8, 4) is 0 Å². The molecule has 0 radical (unpaired) electrons. The Kier molecular flexibility index (Phi) is 4.91. The molecule has 1 heterocycles. The first kappa shape index (κ1) is 15.6. The van der Waals surface area contributed by atoms with Crippen LogP contribution in [-0.4, -0.2) is 41.7 Å². The zero-order valence-electron chi connectivity index (χ0n) is 11.3. The van der Waals surface area contributed by atoms with Gasteiger partial charge in [0, 0.05) is 41.3 Å². The molecule has 1 amide bonds. The maximum absolute atomic E-state index is 12.4. The average Bonchev–Trinajstić information content (AvgIpc) is 2.76. The van der Waals surface area contributed by atoms with Crippen LogP contribution < -0.4 is 5.73 Å². The summed E-state index contributed by atoms with van der Waals surface area (Å²) in [6.45, 7) is 2.95. The number of aliphatic hydroxyl groups is 1. The predicted molar refractivity (Wildman–Crippen MR) is 80.3 cm³/mol. The minimum atomic E-state index is -0.121. The van der Waals surface area contributed by atoms with Crippen molar-refractivity contribution in [3.63, 3.8) is 0 Å². The van der Waals surface area contributed by atoms with Gasteiger partial charge >= 0.3 is 0 Å². The molecular formula is C14H18Cl2N2O2. The van der Waals surface area contributed by atoms with Crippen molar-refractivity contribution < 1.29 is 9.90 Å². The van der Waals surface area contributed by atoms with Crippen LogP contribution in [0.5, 0.6) is 0 Å². The molecule has 1 saturated heterocycles. The smallest absolute Gasteiger partial charge is 0.254 e. The van der Waals surface area contributed by atoms with Crippen molar-refractivity contribution in [1.82, 2.24) is 4.90 Å². The highest BCUT2D eigenvalue weighted by molar-refractivity contribution is 6.36. The molecule has 0 aliphatic carbocycles. The number of nitrogens with two attached hydrogens (primary N) is 1. The van der Waals surface area contributed by atoms with E-state index in [1.807, 2.05) is 6.92 Å².